The molecule has 0 radical (unpaired) electrons. The molecule has 5 rings (SSSR count). The Morgan fingerprint density at radius 3 is 1.96 bits per heavy atom. The van der Waals surface area contributed by atoms with Gasteiger partial charge in [0.25, 0.3) is 0 Å². The lowest BCUT2D eigenvalue weighted by atomic mass is 10.0. The van der Waals surface area contributed by atoms with Gasteiger partial charge in [0.15, 0.2) is 0 Å². The molecule has 0 spiro atoms. The van der Waals surface area contributed by atoms with Gasteiger partial charge in [0, 0.05) is 44.0 Å². The minimum Gasteiger partial charge on any atom is -0.350 e. The molecule has 45 heavy (non-hydrogen) atoms. The van der Waals surface area contributed by atoms with Crippen molar-refractivity contribution in [2.75, 3.05) is 13.1 Å². The lowest BCUT2D eigenvalue weighted by Gasteiger charge is -2.32. The summed E-state index contributed by atoms with van der Waals surface area (Å²) in [7, 11) is -3.51. The molecule has 1 aliphatic rings. The fraction of sp³-hybridized carbons (Fsp3) is 0.278. The molecular weight excluding hydrogens is 606 g/mol. The van der Waals surface area contributed by atoms with E-state index in [9.17, 15) is 18.0 Å². The summed E-state index contributed by atoms with van der Waals surface area (Å²) in [4.78, 5) is 29.8. The third-order valence-corrected chi connectivity index (χ3v) is 10.3. The topological polar surface area (TPSA) is 86.8 Å². The van der Waals surface area contributed by atoms with Crippen LogP contribution in [0, 0.1) is 0 Å². The highest BCUT2D eigenvalue weighted by molar-refractivity contribution is 7.89. The summed E-state index contributed by atoms with van der Waals surface area (Å²) in [5.41, 5.74) is 3.62. The largest absolute Gasteiger partial charge is 0.350 e. The summed E-state index contributed by atoms with van der Waals surface area (Å²) < 4.78 is 27.4. The van der Waals surface area contributed by atoms with Crippen LogP contribution in [0.25, 0.3) is 0 Å². The first kappa shape index (κ1) is 32.4. The molecule has 1 atom stereocenters. The molecule has 2 amide bonds. The standard InChI is InChI=1S/C36H38ClN3O4S/c37-32-18-13-31(14-19-32)27-40(34(25-29-9-3-1-4-10-29)36(42)38-26-30-11-5-2-6-12-30)35(41)22-17-28-15-20-33(21-16-28)45(43,44)39-23-7-8-24-39/h1-6,9-16,18-21,34H,7-8,17,22-27H2,(H,38,42)/t34-/m0/s1. The van der Waals surface area contributed by atoms with Crippen LogP contribution in [0.2, 0.25) is 5.02 Å². The number of sulfonamides is 1. The second-order valence-electron chi connectivity index (χ2n) is 11.3. The molecule has 1 fully saturated rings. The quantitative estimate of drug-likeness (QED) is 0.193. The molecule has 234 valence electrons. The minimum absolute atomic E-state index is 0.156. The normalized spacial score (nSPS) is 14.2. The lowest BCUT2D eigenvalue weighted by Crippen LogP contribution is -2.50. The molecule has 1 heterocycles. The van der Waals surface area contributed by atoms with Gasteiger partial charge in [0.05, 0.1) is 4.90 Å². The zero-order valence-electron chi connectivity index (χ0n) is 25.1. The highest BCUT2D eigenvalue weighted by atomic mass is 35.5. The van der Waals surface area contributed by atoms with Gasteiger partial charge < -0.3 is 10.2 Å². The van der Waals surface area contributed by atoms with Crippen LogP contribution in [0.15, 0.2) is 114 Å². The summed E-state index contributed by atoms with van der Waals surface area (Å²) in [5, 5.41) is 3.64. The summed E-state index contributed by atoms with van der Waals surface area (Å²) >= 11 is 6.14. The molecule has 1 saturated heterocycles. The van der Waals surface area contributed by atoms with Crippen molar-refractivity contribution in [3.63, 3.8) is 0 Å². The second kappa shape index (κ2) is 15.3. The van der Waals surface area contributed by atoms with Crippen molar-refractivity contribution in [2.45, 2.75) is 56.1 Å². The van der Waals surface area contributed by atoms with E-state index in [2.05, 4.69) is 5.32 Å². The van der Waals surface area contributed by atoms with Crippen LogP contribution in [0.3, 0.4) is 0 Å². The SMILES string of the molecule is O=C(NCc1ccccc1)[C@H](Cc1ccccc1)N(Cc1ccc(Cl)cc1)C(=O)CCc1ccc(S(=O)(=O)N2CCCC2)cc1. The Morgan fingerprint density at radius 2 is 1.33 bits per heavy atom. The number of aryl methyl sites for hydroxylation is 1. The Bertz CT molecular complexity index is 1660. The monoisotopic (exact) mass is 643 g/mol. The van der Waals surface area contributed by atoms with Crippen LogP contribution in [0.5, 0.6) is 0 Å². The summed E-state index contributed by atoms with van der Waals surface area (Å²) in [5.74, 6) is -0.406. The van der Waals surface area contributed by atoms with Crippen molar-refractivity contribution in [1.29, 1.82) is 0 Å². The Hall–Kier alpha value is -3.98. The average molecular weight is 644 g/mol. The van der Waals surface area contributed by atoms with Crippen LogP contribution >= 0.6 is 11.6 Å². The van der Waals surface area contributed by atoms with Crippen LogP contribution in [0.4, 0.5) is 0 Å². The highest BCUT2D eigenvalue weighted by Crippen LogP contribution is 2.22. The van der Waals surface area contributed by atoms with Crippen molar-refractivity contribution in [3.8, 4) is 0 Å². The van der Waals surface area contributed by atoms with Crippen LogP contribution in [-0.2, 0) is 45.5 Å². The van der Waals surface area contributed by atoms with Gasteiger partial charge in [-0.25, -0.2) is 8.42 Å². The van der Waals surface area contributed by atoms with Gasteiger partial charge in [-0.15, -0.1) is 0 Å². The third kappa shape index (κ3) is 8.81. The predicted molar refractivity (Wildman–Crippen MR) is 177 cm³/mol. The van der Waals surface area contributed by atoms with E-state index in [0.29, 0.717) is 37.5 Å². The van der Waals surface area contributed by atoms with E-state index in [1.807, 2.05) is 72.8 Å². The van der Waals surface area contributed by atoms with Crippen molar-refractivity contribution in [3.05, 3.63) is 136 Å². The molecular formula is C36H38ClN3O4S. The van der Waals surface area contributed by atoms with Crippen molar-refractivity contribution in [1.82, 2.24) is 14.5 Å². The fourth-order valence-corrected chi connectivity index (χ4v) is 7.19. The predicted octanol–water partition coefficient (Wildman–Crippen LogP) is 6.01. The molecule has 1 aliphatic heterocycles. The summed E-state index contributed by atoms with van der Waals surface area (Å²) in [6.45, 7) is 1.68. The Kier molecular flexibility index (Phi) is 11.1. The molecule has 0 unspecified atom stereocenters. The van der Waals surface area contributed by atoms with Gasteiger partial charge in [-0.1, -0.05) is 96.5 Å². The van der Waals surface area contributed by atoms with E-state index < -0.39 is 16.1 Å². The number of halogens is 1. The molecule has 0 aliphatic carbocycles. The minimum atomic E-state index is -3.51. The number of rotatable bonds is 13. The number of hydrogen-bond donors (Lipinski definition) is 1. The van der Waals surface area contributed by atoms with Crippen molar-refractivity contribution in [2.24, 2.45) is 0 Å². The molecule has 0 aromatic heterocycles. The van der Waals surface area contributed by atoms with Gasteiger partial charge in [0.2, 0.25) is 21.8 Å². The van der Waals surface area contributed by atoms with E-state index in [-0.39, 0.29) is 29.7 Å². The van der Waals surface area contributed by atoms with E-state index in [1.165, 1.54) is 4.31 Å². The second-order valence-corrected chi connectivity index (χ2v) is 13.7. The first-order chi connectivity index (χ1) is 21.8. The van der Waals surface area contributed by atoms with Gasteiger partial charge in [-0.3, -0.25) is 9.59 Å². The lowest BCUT2D eigenvalue weighted by molar-refractivity contribution is -0.141. The zero-order chi connectivity index (χ0) is 31.6. The Labute approximate surface area is 270 Å². The molecule has 1 N–H and O–H groups in total. The number of nitrogens with one attached hydrogen (secondary N) is 1. The number of carbonyl (C=O) groups excluding carboxylic acids is 2. The maximum absolute atomic E-state index is 14.0. The van der Waals surface area contributed by atoms with E-state index >= 15 is 0 Å². The Balaban J connectivity index is 1.36. The smallest absolute Gasteiger partial charge is 0.243 e. The van der Waals surface area contributed by atoms with Crippen molar-refractivity contribution >= 4 is 33.4 Å². The third-order valence-electron chi connectivity index (χ3n) is 8.10. The molecule has 0 saturated carbocycles. The molecule has 4 aromatic rings. The van der Waals surface area contributed by atoms with Gasteiger partial charge in [0.1, 0.15) is 6.04 Å². The molecule has 0 bridgehead atoms. The first-order valence-corrected chi connectivity index (χ1v) is 17.1. The summed E-state index contributed by atoms with van der Waals surface area (Å²) in [6.07, 6.45) is 2.67. The van der Waals surface area contributed by atoms with Crippen LogP contribution < -0.4 is 5.32 Å². The van der Waals surface area contributed by atoms with E-state index in [1.54, 1.807) is 41.3 Å². The molecule has 9 heteroatoms. The molecule has 4 aromatic carbocycles. The maximum atomic E-state index is 14.0. The number of hydrogen-bond acceptors (Lipinski definition) is 4. The van der Waals surface area contributed by atoms with Gasteiger partial charge in [-0.05, 0) is 65.8 Å². The van der Waals surface area contributed by atoms with Crippen LogP contribution in [0.1, 0.15) is 41.5 Å². The number of carbonyl (C=O) groups is 2. The van der Waals surface area contributed by atoms with E-state index in [0.717, 1.165) is 35.1 Å². The zero-order valence-corrected chi connectivity index (χ0v) is 26.7. The summed E-state index contributed by atoms with van der Waals surface area (Å²) in [6, 6.07) is 32.7. The fourth-order valence-electron chi connectivity index (χ4n) is 5.54. The van der Waals surface area contributed by atoms with Crippen LogP contribution in [-0.4, -0.2) is 48.6 Å². The average Bonchev–Trinajstić information content (AvgIpc) is 3.63. The number of nitrogens with zero attached hydrogens (tertiary/aromatic N) is 2. The number of amides is 2. The maximum Gasteiger partial charge on any atom is 0.243 e. The molecule has 7 nitrogen and oxygen atoms in total. The first-order valence-electron chi connectivity index (χ1n) is 15.3. The van der Waals surface area contributed by atoms with Gasteiger partial charge >= 0.3 is 0 Å². The highest BCUT2D eigenvalue weighted by Gasteiger charge is 2.31. The van der Waals surface area contributed by atoms with Crippen molar-refractivity contribution < 1.29 is 18.0 Å². The Morgan fingerprint density at radius 1 is 0.756 bits per heavy atom. The number of benzene rings is 4. The van der Waals surface area contributed by atoms with Gasteiger partial charge in [-0.2, -0.15) is 4.31 Å². The van der Waals surface area contributed by atoms with E-state index in [4.69, 9.17) is 11.6 Å².